The maximum atomic E-state index is 11.0. The first kappa shape index (κ1) is 19.9. The Morgan fingerprint density at radius 2 is 2.10 bits per heavy atom. The number of aromatic carboxylic acids is 1. The highest BCUT2D eigenvalue weighted by Gasteiger charge is 2.53. The van der Waals surface area contributed by atoms with Crippen molar-refractivity contribution < 1.29 is 9.90 Å². The molecule has 1 spiro atoms. The van der Waals surface area contributed by atoms with E-state index in [0.717, 1.165) is 31.1 Å². The van der Waals surface area contributed by atoms with Crippen molar-refractivity contribution in [3.63, 3.8) is 0 Å². The maximum absolute atomic E-state index is 11.0. The molecule has 2 atom stereocenters. The summed E-state index contributed by atoms with van der Waals surface area (Å²) < 4.78 is 0. The van der Waals surface area contributed by atoms with E-state index in [0.29, 0.717) is 28.3 Å². The Morgan fingerprint density at radius 1 is 1.33 bits per heavy atom. The van der Waals surface area contributed by atoms with Gasteiger partial charge in [0.1, 0.15) is 9.88 Å². The molecule has 2 aliphatic carbocycles. The van der Waals surface area contributed by atoms with Gasteiger partial charge in [0.2, 0.25) is 0 Å². The van der Waals surface area contributed by atoms with Gasteiger partial charge in [0.05, 0.1) is 12.7 Å². The lowest BCUT2D eigenvalue weighted by atomic mass is 9.60. The van der Waals surface area contributed by atoms with Gasteiger partial charge in [-0.05, 0) is 42.6 Å². The molecule has 2 heterocycles. The number of likely N-dealkylation sites (tertiary alicyclic amines) is 1. The van der Waals surface area contributed by atoms with Crippen LogP contribution in [0.4, 0.5) is 0 Å². The average molecular weight is 424 g/mol. The number of hydrogen-bond acceptors (Lipinski definition) is 5. The first-order valence-electron chi connectivity index (χ1n) is 11.0. The number of thiazole rings is 1. The van der Waals surface area contributed by atoms with E-state index >= 15 is 0 Å². The number of rotatable bonds is 8. The fraction of sp³-hybridized carbons (Fsp3) is 0.500. The molecule has 30 heavy (non-hydrogen) atoms. The monoisotopic (exact) mass is 423 g/mol. The van der Waals surface area contributed by atoms with Crippen LogP contribution >= 0.6 is 11.3 Å². The fourth-order valence-electron chi connectivity index (χ4n) is 5.38. The zero-order valence-electron chi connectivity index (χ0n) is 17.4. The van der Waals surface area contributed by atoms with Crippen LogP contribution in [0.3, 0.4) is 0 Å². The molecule has 5 rings (SSSR count). The summed E-state index contributed by atoms with van der Waals surface area (Å²) in [7, 11) is 0. The molecule has 1 aliphatic heterocycles. The molecule has 0 amide bonds. The molecule has 0 unspecified atom stereocenters. The molecule has 0 radical (unpaired) electrons. The second-order valence-electron chi connectivity index (χ2n) is 9.27. The molecule has 2 N–H and O–H groups in total. The third kappa shape index (κ3) is 4.09. The lowest BCUT2D eigenvalue weighted by Crippen LogP contribution is -2.65. The number of hydrogen-bond donors (Lipinski definition) is 2. The normalized spacial score (nSPS) is 25.7. The Morgan fingerprint density at radius 3 is 2.77 bits per heavy atom. The van der Waals surface area contributed by atoms with Crippen molar-refractivity contribution in [3.8, 4) is 0 Å². The maximum Gasteiger partial charge on any atom is 0.347 e. The van der Waals surface area contributed by atoms with Crippen molar-refractivity contribution in [2.45, 2.75) is 51.2 Å². The Balaban J connectivity index is 1.06. The minimum atomic E-state index is -0.880. The van der Waals surface area contributed by atoms with E-state index in [1.807, 2.05) is 0 Å². The van der Waals surface area contributed by atoms with Gasteiger partial charge in [-0.1, -0.05) is 48.9 Å². The van der Waals surface area contributed by atoms with Gasteiger partial charge in [-0.25, -0.2) is 9.78 Å². The van der Waals surface area contributed by atoms with E-state index in [9.17, 15) is 4.79 Å². The quantitative estimate of drug-likeness (QED) is 0.664. The molecule has 1 saturated heterocycles. The summed E-state index contributed by atoms with van der Waals surface area (Å²) in [5.41, 5.74) is 3.38. The van der Waals surface area contributed by atoms with Gasteiger partial charge in [-0.3, -0.25) is 4.90 Å². The Hall–Kier alpha value is -2.02. The van der Waals surface area contributed by atoms with Crippen LogP contribution in [0.15, 0.2) is 42.1 Å². The molecule has 1 aromatic carbocycles. The number of nitrogens with one attached hydrogen (secondary N) is 1. The lowest BCUT2D eigenvalue weighted by Gasteiger charge is -2.59. The highest BCUT2D eigenvalue weighted by molar-refractivity contribution is 7.13. The fourth-order valence-corrected chi connectivity index (χ4v) is 6.17. The summed E-state index contributed by atoms with van der Waals surface area (Å²) >= 11 is 1.30. The number of carboxylic acid groups (broad SMARTS) is 1. The second-order valence-corrected chi connectivity index (χ2v) is 10.4. The molecule has 6 heteroatoms. The Kier molecular flexibility index (Phi) is 5.25. The molecule has 1 aromatic heterocycles. The van der Waals surface area contributed by atoms with Crippen molar-refractivity contribution in [1.29, 1.82) is 0 Å². The number of nitrogens with zero attached hydrogens (tertiary/aromatic N) is 2. The standard InChI is InChI=1S/C24H29N3O2S/c1-2-17(8-16-6-4-3-5-7-16)19-9-20(19)26-18-10-24(11-18)14-27(15-24)13-22-25-12-21(30-22)23(28)29/h3-8,12,18-20,26H,2,9-11,13-15H2,1H3,(H,28,29)/b17-8+/t19-,20+/m0/s1. The van der Waals surface area contributed by atoms with Gasteiger partial charge < -0.3 is 10.4 Å². The summed E-state index contributed by atoms with van der Waals surface area (Å²) in [6.45, 7) is 5.30. The van der Waals surface area contributed by atoms with Crippen LogP contribution in [0.5, 0.6) is 0 Å². The highest BCUT2D eigenvalue weighted by Crippen LogP contribution is 2.50. The molecule has 0 bridgehead atoms. The predicted octanol–water partition coefficient (Wildman–Crippen LogP) is 4.28. The van der Waals surface area contributed by atoms with Gasteiger partial charge in [-0.2, -0.15) is 0 Å². The van der Waals surface area contributed by atoms with E-state index in [2.05, 4.69) is 58.5 Å². The number of carboxylic acids is 1. The molecule has 158 valence electrons. The van der Waals surface area contributed by atoms with E-state index < -0.39 is 5.97 Å². The molecular weight excluding hydrogens is 394 g/mol. The van der Waals surface area contributed by atoms with Gasteiger partial charge in [0.25, 0.3) is 0 Å². The largest absolute Gasteiger partial charge is 0.477 e. The second kappa shape index (κ2) is 7.91. The minimum Gasteiger partial charge on any atom is -0.477 e. The molecular formula is C24H29N3O2S. The highest BCUT2D eigenvalue weighted by atomic mass is 32.1. The first-order valence-corrected chi connectivity index (χ1v) is 11.8. The van der Waals surface area contributed by atoms with Crippen molar-refractivity contribution in [2.24, 2.45) is 11.3 Å². The van der Waals surface area contributed by atoms with Gasteiger partial charge in [-0.15, -0.1) is 11.3 Å². The van der Waals surface area contributed by atoms with Crippen molar-refractivity contribution in [3.05, 3.63) is 57.6 Å². The van der Waals surface area contributed by atoms with Crippen LogP contribution in [-0.4, -0.2) is 46.1 Å². The van der Waals surface area contributed by atoms with E-state index in [4.69, 9.17) is 5.11 Å². The van der Waals surface area contributed by atoms with Crippen LogP contribution in [-0.2, 0) is 6.54 Å². The minimum absolute atomic E-state index is 0.333. The Labute approximate surface area is 181 Å². The van der Waals surface area contributed by atoms with Crippen molar-refractivity contribution in [1.82, 2.24) is 15.2 Å². The van der Waals surface area contributed by atoms with E-state index in [-0.39, 0.29) is 0 Å². The number of benzene rings is 1. The van der Waals surface area contributed by atoms with Crippen LogP contribution in [0.25, 0.3) is 6.08 Å². The average Bonchev–Trinajstić information content (AvgIpc) is 3.28. The van der Waals surface area contributed by atoms with Crippen molar-refractivity contribution in [2.75, 3.05) is 13.1 Å². The van der Waals surface area contributed by atoms with E-state index in [1.165, 1.54) is 42.4 Å². The third-order valence-corrected chi connectivity index (χ3v) is 7.85. The topological polar surface area (TPSA) is 65.5 Å². The molecule has 5 nitrogen and oxygen atoms in total. The van der Waals surface area contributed by atoms with Crippen LogP contribution in [0.1, 0.15) is 52.8 Å². The SMILES string of the molecule is CC/C(=C\c1ccccc1)[C@@H]1C[C@H]1NC1CC2(C1)CN(Cc1ncc(C(=O)O)s1)C2. The number of aromatic nitrogens is 1. The summed E-state index contributed by atoms with van der Waals surface area (Å²) in [5, 5.41) is 13.8. The first-order chi connectivity index (χ1) is 14.5. The van der Waals surface area contributed by atoms with Gasteiger partial charge in [0.15, 0.2) is 0 Å². The van der Waals surface area contributed by atoms with Crippen molar-refractivity contribution >= 4 is 23.4 Å². The van der Waals surface area contributed by atoms with Crippen LogP contribution in [0, 0.1) is 11.3 Å². The Bertz CT molecular complexity index is 940. The van der Waals surface area contributed by atoms with Gasteiger partial charge in [0, 0.05) is 25.2 Å². The summed E-state index contributed by atoms with van der Waals surface area (Å²) in [5.74, 6) is -0.173. The zero-order chi connectivity index (χ0) is 20.7. The number of carbonyl (C=O) groups is 1. The molecule has 3 fully saturated rings. The zero-order valence-corrected chi connectivity index (χ0v) is 18.2. The molecule has 2 aromatic rings. The lowest BCUT2D eigenvalue weighted by molar-refractivity contribution is -0.0834. The van der Waals surface area contributed by atoms with Crippen LogP contribution in [0.2, 0.25) is 0 Å². The molecule has 3 aliphatic rings. The molecule has 2 saturated carbocycles. The van der Waals surface area contributed by atoms with Gasteiger partial charge >= 0.3 is 5.97 Å². The predicted molar refractivity (Wildman–Crippen MR) is 120 cm³/mol. The van der Waals surface area contributed by atoms with E-state index in [1.54, 1.807) is 5.57 Å². The third-order valence-electron chi connectivity index (χ3n) is 6.88. The smallest absolute Gasteiger partial charge is 0.347 e. The van der Waals surface area contributed by atoms with Crippen LogP contribution < -0.4 is 5.32 Å². The summed E-state index contributed by atoms with van der Waals surface area (Å²) in [6.07, 6.45) is 8.81. The summed E-state index contributed by atoms with van der Waals surface area (Å²) in [6, 6.07) is 12.0. The summed E-state index contributed by atoms with van der Waals surface area (Å²) in [4.78, 5) is 18.0.